The summed E-state index contributed by atoms with van der Waals surface area (Å²) < 4.78 is 5.47. The molecule has 1 saturated heterocycles. The van der Waals surface area contributed by atoms with Gasteiger partial charge in [0.25, 0.3) is 0 Å². The van der Waals surface area contributed by atoms with Gasteiger partial charge in [-0.2, -0.15) is 0 Å². The van der Waals surface area contributed by atoms with Crippen LogP contribution in [0.4, 0.5) is 5.69 Å². The van der Waals surface area contributed by atoms with Crippen molar-refractivity contribution in [2.24, 2.45) is 0 Å². The molecular weight excluding hydrogens is 224 g/mol. The fourth-order valence-electron chi connectivity index (χ4n) is 2.63. The summed E-state index contributed by atoms with van der Waals surface area (Å²) in [6, 6.07) is 7.52. The highest BCUT2D eigenvalue weighted by atomic mass is 16.5. The fraction of sp³-hybridized carbons (Fsp3) is 0.600. The zero-order chi connectivity index (χ0) is 13.1. The summed E-state index contributed by atoms with van der Waals surface area (Å²) in [7, 11) is 1.74. The molecule has 1 heterocycles. The Balaban J connectivity index is 2.11. The van der Waals surface area contributed by atoms with Crippen LogP contribution in [0.15, 0.2) is 18.2 Å². The van der Waals surface area contributed by atoms with Crippen molar-refractivity contribution in [1.82, 2.24) is 5.32 Å². The topological polar surface area (TPSA) is 24.5 Å². The Morgan fingerprint density at radius 1 is 1.39 bits per heavy atom. The SMILES string of the molecule is COc1ccc(C)cc1N1CCC(NC(C)C)C1. The molecule has 1 atom stereocenters. The highest BCUT2D eigenvalue weighted by molar-refractivity contribution is 5.60. The first-order chi connectivity index (χ1) is 8.60. The van der Waals surface area contributed by atoms with Crippen molar-refractivity contribution in [3.05, 3.63) is 23.8 Å². The van der Waals surface area contributed by atoms with Gasteiger partial charge in [0, 0.05) is 25.2 Å². The number of rotatable bonds is 4. The van der Waals surface area contributed by atoms with Gasteiger partial charge in [-0.1, -0.05) is 19.9 Å². The highest BCUT2D eigenvalue weighted by Crippen LogP contribution is 2.31. The Labute approximate surface area is 110 Å². The largest absolute Gasteiger partial charge is 0.495 e. The third-order valence-corrected chi connectivity index (χ3v) is 3.43. The van der Waals surface area contributed by atoms with E-state index in [9.17, 15) is 0 Å². The molecule has 0 saturated carbocycles. The second-order valence-electron chi connectivity index (χ2n) is 5.43. The smallest absolute Gasteiger partial charge is 0.142 e. The Hall–Kier alpha value is -1.22. The monoisotopic (exact) mass is 248 g/mol. The molecule has 1 unspecified atom stereocenters. The summed E-state index contributed by atoms with van der Waals surface area (Å²) in [4.78, 5) is 2.42. The van der Waals surface area contributed by atoms with Crippen LogP contribution < -0.4 is 15.0 Å². The molecule has 1 aliphatic rings. The zero-order valence-corrected chi connectivity index (χ0v) is 11.9. The van der Waals surface area contributed by atoms with Crippen molar-refractivity contribution in [1.29, 1.82) is 0 Å². The van der Waals surface area contributed by atoms with E-state index in [1.807, 2.05) is 0 Å². The van der Waals surface area contributed by atoms with E-state index < -0.39 is 0 Å². The quantitative estimate of drug-likeness (QED) is 0.886. The second kappa shape index (κ2) is 5.61. The first-order valence-electron chi connectivity index (χ1n) is 6.76. The molecule has 1 aliphatic heterocycles. The number of methoxy groups -OCH3 is 1. The lowest BCUT2D eigenvalue weighted by molar-refractivity contribution is 0.414. The Kier molecular flexibility index (Phi) is 4.12. The molecule has 1 fully saturated rings. The minimum atomic E-state index is 0.550. The first-order valence-corrected chi connectivity index (χ1v) is 6.76. The van der Waals surface area contributed by atoms with Crippen LogP contribution in [-0.2, 0) is 0 Å². The van der Waals surface area contributed by atoms with E-state index in [-0.39, 0.29) is 0 Å². The summed E-state index contributed by atoms with van der Waals surface area (Å²) in [5.41, 5.74) is 2.51. The lowest BCUT2D eigenvalue weighted by Gasteiger charge is -2.22. The molecule has 18 heavy (non-hydrogen) atoms. The second-order valence-corrected chi connectivity index (χ2v) is 5.43. The van der Waals surface area contributed by atoms with Crippen LogP contribution in [0.5, 0.6) is 5.75 Å². The van der Waals surface area contributed by atoms with E-state index in [1.54, 1.807) is 7.11 Å². The number of aryl methyl sites for hydroxylation is 1. The maximum Gasteiger partial charge on any atom is 0.142 e. The van der Waals surface area contributed by atoms with Crippen molar-refractivity contribution in [3.8, 4) is 5.75 Å². The van der Waals surface area contributed by atoms with E-state index in [4.69, 9.17) is 4.74 Å². The fourth-order valence-corrected chi connectivity index (χ4v) is 2.63. The van der Waals surface area contributed by atoms with Gasteiger partial charge in [0.05, 0.1) is 12.8 Å². The van der Waals surface area contributed by atoms with Crippen molar-refractivity contribution in [3.63, 3.8) is 0 Å². The lowest BCUT2D eigenvalue weighted by atomic mass is 10.2. The average molecular weight is 248 g/mol. The van der Waals surface area contributed by atoms with Crippen LogP contribution in [0, 0.1) is 6.92 Å². The van der Waals surface area contributed by atoms with E-state index >= 15 is 0 Å². The standard InChI is InChI=1S/C15H24N2O/c1-11(2)16-13-7-8-17(10-13)14-9-12(3)5-6-15(14)18-4/h5-6,9,11,13,16H,7-8,10H2,1-4H3. The number of nitrogens with one attached hydrogen (secondary N) is 1. The minimum Gasteiger partial charge on any atom is -0.495 e. The summed E-state index contributed by atoms with van der Waals surface area (Å²) in [6.07, 6.45) is 1.20. The van der Waals surface area contributed by atoms with Crippen LogP contribution in [0.2, 0.25) is 0 Å². The molecule has 1 aromatic rings. The van der Waals surface area contributed by atoms with Gasteiger partial charge in [0.2, 0.25) is 0 Å². The molecule has 3 nitrogen and oxygen atoms in total. The number of hydrogen-bond donors (Lipinski definition) is 1. The summed E-state index contributed by atoms with van der Waals surface area (Å²) >= 11 is 0. The van der Waals surface area contributed by atoms with Gasteiger partial charge in [-0.25, -0.2) is 0 Å². The lowest BCUT2D eigenvalue weighted by Crippen LogP contribution is -2.37. The van der Waals surface area contributed by atoms with Gasteiger partial charge >= 0.3 is 0 Å². The molecule has 100 valence electrons. The van der Waals surface area contributed by atoms with Gasteiger partial charge < -0.3 is 15.0 Å². The van der Waals surface area contributed by atoms with Gasteiger partial charge in [-0.15, -0.1) is 0 Å². The van der Waals surface area contributed by atoms with Gasteiger partial charge in [0.1, 0.15) is 5.75 Å². The minimum absolute atomic E-state index is 0.550. The number of anilines is 1. The van der Waals surface area contributed by atoms with Gasteiger partial charge in [-0.3, -0.25) is 0 Å². The van der Waals surface area contributed by atoms with E-state index in [0.717, 1.165) is 18.8 Å². The predicted molar refractivity (Wildman–Crippen MR) is 76.6 cm³/mol. The average Bonchev–Trinajstić information content (AvgIpc) is 2.76. The number of nitrogens with zero attached hydrogens (tertiary/aromatic N) is 1. The van der Waals surface area contributed by atoms with Gasteiger partial charge in [-0.05, 0) is 31.0 Å². The van der Waals surface area contributed by atoms with Crippen LogP contribution in [0.3, 0.4) is 0 Å². The predicted octanol–water partition coefficient (Wildman–Crippen LogP) is 2.58. The molecule has 1 N–H and O–H groups in total. The van der Waals surface area contributed by atoms with Crippen molar-refractivity contribution < 1.29 is 4.74 Å². The third kappa shape index (κ3) is 2.96. The Morgan fingerprint density at radius 2 is 2.17 bits per heavy atom. The molecule has 0 spiro atoms. The molecule has 0 radical (unpaired) electrons. The molecule has 0 bridgehead atoms. The maximum atomic E-state index is 5.47. The first kappa shape index (κ1) is 13.2. The summed E-state index contributed by atoms with van der Waals surface area (Å²) in [6.45, 7) is 8.71. The number of ether oxygens (including phenoxy) is 1. The highest BCUT2D eigenvalue weighted by Gasteiger charge is 2.24. The molecule has 0 aromatic heterocycles. The summed E-state index contributed by atoms with van der Waals surface area (Å²) in [5, 5.41) is 3.61. The maximum absolute atomic E-state index is 5.47. The van der Waals surface area contributed by atoms with Crippen molar-refractivity contribution in [2.75, 3.05) is 25.1 Å². The van der Waals surface area contributed by atoms with Crippen LogP contribution >= 0.6 is 0 Å². The van der Waals surface area contributed by atoms with Crippen LogP contribution in [-0.4, -0.2) is 32.3 Å². The normalized spacial score (nSPS) is 19.6. The van der Waals surface area contributed by atoms with Crippen LogP contribution in [0.25, 0.3) is 0 Å². The zero-order valence-electron chi connectivity index (χ0n) is 11.9. The van der Waals surface area contributed by atoms with E-state index in [0.29, 0.717) is 12.1 Å². The molecule has 1 aromatic carbocycles. The number of hydrogen-bond acceptors (Lipinski definition) is 3. The van der Waals surface area contributed by atoms with E-state index in [1.165, 1.54) is 17.7 Å². The number of benzene rings is 1. The summed E-state index contributed by atoms with van der Waals surface area (Å²) in [5.74, 6) is 0.978. The van der Waals surface area contributed by atoms with Crippen molar-refractivity contribution in [2.45, 2.75) is 39.3 Å². The third-order valence-electron chi connectivity index (χ3n) is 3.43. The van der Waals surface area contributed by atoms with Crippen LogP contribution in [0.1, 0.15) is 25.8 Å². The molecule has 0 aliphatic carbocycles. The molecule has 0 amide bonds. The Morgan fingerprint density at radius 3 is 2.83 bits per heavy atom. The molecule has 2 rings (SSSR count). The molecule has 3 heteroatoms. The van der Waals surface area contributed by atoms with Crippen molar-refractivity contribution >= 4 is 5.69 Å². The Bertz CT molecular complexity index is 403. The van der Waals surface area contributed by atoms with E-state index in [2.05, 4.69) is 49.2 Å². The van der Waals surface area contributed by atoms with Gasteiger partial charge in [0.15, 0.2) is 0 Å². The molecular formula is C15H24N2O.